The molecule has 0 spiro atoms. The molecule has 4 nitrogen and oxygen atoms in total. The fraction of sp³-hybridized carbons (Fsp3) is 0. The summed E-state index contributed by atoms with van der Waals surface area (Å²) in [5, 5.41) is 7.78. The lowest BCUT2D eigenvalue weighted by molar-refractivity contribution is 0.492. The fourth-order valence-electron chi connectivity index (χ4n) is 0.0577. The van der Waals surface area contributed by atoms with E-state index in [1.54, 1.807) is 0 Å². The van der Waals surface area contributed by atoms with Crippen LogP contribution in [0.5, 0.6) is 0 Å². The van der Waals surface area contributed by atoms with Crippen molar-refractivity contribution in [2.45, 2.75) is 0 Å². The minimum atomic E-state index is -4.31. The van der Waals surface area contributed by atoms with Crippen LogP contribution in [0.2, 0.25) is 0 Å². The molecule has 0 aromatic heterocycles. The topological polar surface area (TPSA) is 78.2 Å². The first-order chi connectivity index (χ1) is 3.48. The summed E-state index contributed by atoms with van der Waals surface area (Å²) in [6.07, 6.45) is 0. The molecule has 0 radical (unpaired) electrons. The van der Waals surface area contributed by atoms with Crippen molar-refractivity contribution in [1.82, 2.24) is 0 Å². The Balaban J connectivity index is 4.62. The van der Waals surface area contributed by atoms with Gasteiger partial charge in [-0.3, -0.25) is 4.55 Å². The van der Waals surface area contributed by atoms with Gasteiger partial charge in [0.15, 0.2) is 4.91 Å². The van der Waals surface area contributed by atoms with Crippen LogP contribution < -0.4 is 0 Å². The van der Waals surface area contributed by atoms with Crippen molar-refractivity contribution >= 4 is 10.1 Å². The van der Waals surface area contributed by atoms with Gasteiger partial charge < -0.3 is 0 Å². The first kappa shape index (κ1) is 7.14. The van der Waals surface area contributed by atoms with Crippen molar-refractivity contribution < 1.29 is 13.0 Å². The minimum absolute atomic E-state index is 0.836. The van der Waals surface area contributed by atoms with Crippen molar-refractivity contribution in [3.8, 4) is 6.07 Å². The lowest BCUT2D eigenvalue weighted by Gasteiger charge is -1.83. The molecule has 5 heteroatoms. The Morgan fingerprint density at radius 1 is 1.75 bits per heavy atom. The lowest BCUT2D eigenvalue weighted by Crippen LogP contribution is -1.96. The molecular formula is C3H3NO3S. The Hall–Kier alpha value is -0.860. The van der Waals surface area contributed by atoms with Crippen LogP contribution in [-0.2, 0) is 10.1 Å². The Morgan fingerprint density at radius 3 is 2.12 bits per heavy atom. The summed E-state index contributed by atoms with van der Waals surface area (Å²) in [6.45, 7) is 2.75. The van der Waals surface area contributed by atoms with Gasteiger partial charge in [0.05, 0.1) is 0 Å². The zero-order valence-corrected chi connectivity index (χ0v) is 4.64. The highest BCUT2D eigenvalue weighted by molar-refractivity contribution is 7.90. The standard InChI is InChI=1S/C3H3NO3S/c1-3(2-4)8(5,6)7/h1H2,(H,5,6,7). The highest BCUT2D eigenvalue weighted by Gasteiger charge is 2.07. The van der Waals surface area contributed by atoms with Gasteiger partial charge in [-0.05, 0) is 0 Å². The number of hydrogen-bond donors (Lipinski definition) is 1. The van der Waals surface area contributed by atoms with Crippen LogP contribution in [0, 0.1) is 11.3 Å². The van der Waals surface area contributed by atoms with Crippen molar-refractivity contribution in [3.63, 3.8) is 0 Å². The Labute approximate surface area is 46.8 Å². The molecule has 0 unspecified atom stereocenters. The number of allylic oxidation sites excluding steroid dienone is 1. The van der Waals surface area contributed by atoms with E-state index in [1.807, 2.05) is 0 Å². The second-order valence-corrected chi connectivity index (χ2v) is 2.45. The second-order valence-electron chi connectivity index (χ2n) is 1.01. The Kier molecular flexibility index (Phi) is 1.73. The molecule has 8 heavy (non-hydrogen) atoms. The summed E-state index contributed by atoms with van der Waals surface area (Å²) >= 11 is 0. The summed E-state index contributed by atoms with van der Waals surface area (Å²) in [4.78, 5) is -0.836. The largest absolute Gasteiger partial charge is 0.304 e. The normalized spacial score (nSPS) is 10.0. The number of rotatable bonds is 1. The molecule has 0 amide bonds. The van der Waals surface area contributed by atoms with Crippen molar-refractivity contribution in [1.29, 1.82) is 5.26 Å². The average Bonchev–Trinajstić information content (AvgIpc) is 1.62. The zero-order chi connectivity index (χ0) is 6.78. The number of hydrogen-bond acceptors (Lipinski definition) is 3. The molecule has 0 rings (SSSR count). The van der Waals surface area contributed by atoms with E-state index >= 15 is 0 Å². The average molecular weight is 133 g/mol. The monoisotopic (exact) mass is 133 g/mol. The van der Waals surface area contributed by atoms with Crippen molar-refractivity contribution in [2.75, 3.05) is 0 Å². The maximum absolute atomic E-state index is 9.80. The molecule has 0 aliphatic rings. The van der Waals surface area contributed by atoms with Gasteiger partial charge >= 0.3 is 10.1 Å². The molecule has 0 saturated carbocycles. The van der Waals surface area contributed by atoms with Gasteiger partial charge in [-0.15, -0.1) is 0 Å². The third kappa shape index (κ3) is 1.73. The third-order valence-corrected chi connectivity index (χ3v) is 1.15. The van der Waals surface area contributed by atoms with E-state index in [-0.39, 0.29) is 0 Å². The van der Waals surface area contributed by atoms with E-state index in [0.717, 1.165) is 0 Å². The molecule has 44 valence electrons. The molecule has 0 aromatic carbocycles. The highest BCUT2D eigenvalue weighted by atomic mass is 32.2. The summed E-state index contributed by atoms with van der Waals surface area (Å²) in [6, 6.07) is 1.17. The summed E-state index contributed by atoms with van der Waals surface area (Å²) in [5.74, 6) is 0. The van der Waals surface area contributed by atoms with Crippen LogP contribution in [0.4, 0.5) is 0 Å². The maximum Gasteiger partial charge on any atom is 0.304 e. The predicted octanol–water partition coefficient (Wildman–Crippen LogP) is -0.0885. The van der Waals surface area contributed by atoms with Gasteiger partial charge in [0.2, 0.25) is 0 Å². The molecule has 0 aromatic rings. The summed E-state index contributed by atoms with van der Waals surface area (Å²) < 4.78 is 27.5. The van der Waals surface area contributed by atoms with Crippen LogP contribution in [0.3, 0.4) is 0 Å². The van der Waals surface area contributed by atoms with Crippen molar-refractivity contribution in [3.05, 3.63) is 11.5 Å². The van der Waals surface area contributed by atoms with E-state index in [0.29, 0.717) is 0 Å². The first-order valence-electron chi connectivity index (χ1n) is 1.55. The molecule has 0 atom stereocenters. The van der Waals surface area contributed by atoms with Crippen LogP contribution in [-0.4, -0.2) is 13.0 Å². The van der Waals surface area contributed by atoms with E-state index in [1.165, 1.54) is 6.07 Å². The molecule has 0 saturated heterocycles. The predicted molar refractivity (Wildman–Crippen MR) is 26.3 cm³/mol. The molecule has 0 bridgehead atoms. The zero-order valence-electron chi connectivity index (χ0n) is 3.83. The number of nitriles is 1. The van der Waals surface area contributed by atoms with Crippen LogP contribution in [0.15, 0.2) is 11.5 Å². The second kappa shape index (κ2) is 1.94. The molecule has 0 fully saturated rings. The van der Waals surface area contributed by atoms with Gasteiger partial charge in [-0.2, -0.15) is 13.7 Å². The Morgan fingerprint density at radius 2 is 2.12 bits per heavy atom. The van der Waals surface area contributed by atoms with Gasteiger partial charge in [0.25, 0.3) is 0 Å². The molecule has 0 heterocycles. The van der Waals surface area contributed by atoms with Crippen LogP contribution in [0.1, 0.15) is 0 Å². The van der Waals surface area contributed by atoms with Gasteiger partial charge in [-0.1, -0.05) is 6.58 Å². The quantitative estimate of drug-likeness (QED) is 0.400. The molecule has 0 aliphatic heterocycles. The van der Waals surface area contributed by atoms with E-state index in [9.17, 15) is 8.42 Å². The van der Waals surface area contributed by atoms with E-state index < -0.39 is 15.0 Å². The lowest BCUT2D eigenvalue weighted by atomic mass is 10.7. The first-order valence-corrected chi connectivity index (χ1v) is 2.99. The van der Waals surface area contributed by atoms with Crippen LogP contribution >= 0.6 is 0 Å². The SMILES string of the molecule is C=C(C#N)S(=O)(=O)O. The minimum Gasteiger partial charge on any atom is -0.281 e. The summed E-state index contributed by atoms with van der Waals surface area (Å²) in [5.41, 5.74) is 0. The van der Waals surface area contributed by atoms with Gasteiger partial charge in [-0.25, -0.2) is 0 Å². The van der Waals surface area contributed by atoms with E-state index in [2.05, 4.69) is 6.58 Å². The molecule has 1 N–H and O–H groups in total. The third-order valence-electron chi connectivity index (χ3n) is 0.436. The van der Waals surface area contributed by atoms with E-state index in [4.69, 9.17) is 9.81 Å². The fourth-order valence-corrected chi connectivity index (χ4v) is 0.173. The van der Waals surface area contributed by atoms with Crippen LogP contribution in [0.25, 0.3) is 0 Å². The smallest absolute Gasteiger partial charge is 0.281 e. The van der Waals surface area contributed by atoms with Gasteiger partial charge in [0.1, 0.15) is 6.07 Å². The Bertz CT molecular complexity index is 232. The number of nitrogens with zero attached hydrogens (tertiary/aromatic N) is 1. The van der Waals surface area contributed by atoms with Crippen molar-refractivity contribution in [2.24, 2.45) is 0 Å². The maximum atomic E-state index is 9.80. The highest BCUT2D eigenvalue weighted by Crippen LogP contribution is 1.95. The van der Waals surface area contributed by atoms with Gasteiger partial charge in [0, 0.05) is 0 Å². The molecular weight excluding hydrogens is 130 g/mol. The molecule has 0 aliphatic carbocycles. The summed E-state index contributed by atoms with van der Waals surface area (Å²) in [7, 11) is -4.31.